The largest absolute Gasteiger partial charge is 0.392 e. The van der Waals surface area contributed by atoms with Gasteiger partial charge in [0.2, 0.25) is 5.91 Å². The SMILES string of the molecule is CC(O)CNC(=O)/C=C/c1cn(-c2ccccc2)nc1-c1cccs1. The fourth-order valence-corrected chi connectivity index (χ4v) is 3.03. The molecule has 0 radical (unpaired) electrons. The number of carbonyl (C=O) groups excluding carboxylic acids is 1. The zero-order valence-electron chi connectivity index (χ0n) is 13.8. The summed E-state index contributed by atoms with van der Waals surface area (Å²) >= 11 is 1.60. The Hall–Kier alpha value is -2.70. The van der Waals surface area contributed by atoms with Gasteiger partial charge in [0.25, 0.3) is 0 Å². The molecule has 0 fully saturated rings. The molecule has 0 spiro atoms. The second kappa shape index (κ2) is 7.92. The maximum atomic E-state index is 11.9. The zero-order chi connectivity index (χ0) is 17.6. The Morgan fingerprint density at radius 2 is 2.12 bits per heavy atom. The number of benzene rings is 1. The van der Waals surface area contributed by atoms with Crippen LogP contribution in [0.5, 0.6) is 0 Å². The summed E-state index contributed by atoms with van der Waals surface area (Å²) in [6.45, 7) is 1.85. The minimum atomic E-state index is -0.570. The Morgan fingerprint density at radius 1 is 1.32 bits per heavy atom. The van der Waals surface area contributed by atoms with Crippen molar-refractivity contribution in [3.05, 3.63) is 65.7 Å². The average Bonchev–Trinajstić information content (AvgIpc) is 3.28. The highest BCUT2D eigenvalue weighted by Gasteiger charge is 2.11. The highest BCUT2D eigenvalue weighted by molar-refractivity contribution is 7.13. The topological polar surface area (TPSA) is 67.2 Å². The zero-order valence-corrected chi connectivity index (χ0v) is 14.6. The van der Waals surface area contributed by atoms with Crippen molar-refractivity contribution in [3.8, 4) is 16.3 Å². The predicted octanol–water partition coefficient (Wildman–Crippen LogP) is 3.11. The summed E-state index contributed by atoms with van der Waals surface area (Å²) in [4.78, 5) is 12.9. The third-order valence-corrected chi connectivity index (χ3v) is 4.38. The molecule has 0 aliphatic rings. The van der Waals surface area contributed by atoms with E-state index in [4.69, 9.17) is 0 Å². The predicted molar refractivity (Wildman–Crippen MR) is 101 cm³/mol. The van der Waals surface area contributed by atoms with Gasteiger partial charge in [-0.3, -0.25) is 4.79 Å². The highest BCUT2D eigenvalue weighted by atomic mass is 32.1. The Morgan fingerprint density at radius 3 is 2.80 bits per heavy atom. The summed E-state index contributed by atoms with van der Waals surface area (Å²) in [6.07, 6.45) is 4.55. The van der Waals surface area contributed by atoms with Crippen LogP contribution in [0.15, 0.2) is 60.1 Å². The molecular weight excluding hydrogens is 334 g/mol. The van der Waals surface area contributed by atoms with Crippen LogP contribution in [0, 0.1) is 0 Å². The van der Waals surface area contributed by atoms with Crippen LogP contribution in [0.2, 0.25) is 0 Å². The van der Waals surface area contributed by atoms with Gasteiger partial charge in [-0.15, -0.1) is 11.3 Å². The van der Waals surface area contributed by atoms with Crippen LogP contribution in [0.25, 0.3) is 22.3 Å². The maximum absolute atomic E-state index is 11.9. The number of hydrogen-bond acceptors (Lipinski definition) is 4. The van der Waals surface area contributed by atoms with Crippen LogP contribution in [-0.4, -0.2) is 33.4 Å². The van der Waals surface area contributed by atoms with Gasteiger partial charge < -0.3 is 10.4 Å². The number of hydrogen-bond donors (Lipinski definition) is 2. The van der Waals surface area contributed by atoms with E-state index >= 15 is 0 Å². The average molecular weight is 353 g/mol. The molecule has 1 unspecified atom stereocenters. The van der Waals surface area contributed by atoms with Gasteiger partial charge in [-0.2, -0.15) is 5.10 Å². The maximum Gasteiger partial charge on any atom is 0.244 e. The molecule has 1 atom stereocenters. The van der Waals surface area contributed by atoms with E-state index < -0.39 is 6.10 Å². The number of thiophene rings is 1. The van der Waals surface area contributed by atoms with Gasteiger partial charge in [0.1, 0.15) is 5.69 Å². The van der Waals surface area contributed by atoms with Gasteiger partial charge in [0.15, 0.2) is 0 Å². The molecule has 0 bridgehead atoms. The Kier molecular flexibility index (Phi) is 5.42. The number of aromatic nitrogens is 2. The van der Waals surface area contributed by atoms with Crippen molar-refractivity contribution in [2.45, 2.75) is 13.0 Å². The van der Waals surface area contributed by atoms with E-state index in [0.29, 0.717) is 0 Å². The molecule has 1 amide bonds. The molecule has 0 aliphatic heterocycles. The number of nitrogens with zero attached hydrogens (tertiary/aromatic N) is 2. The molecule has 0 saturated heterocycles. The summed E-state index contributed by atoms with van der Waals surface area (Å²) in [5.41, 5.74) is 2.65. The molecule has 1 aromatic carbocycles. The highest BCUT2D eigenvalue weighted by Crippen LogP contribution is 2.28. The summed E-state index contributed by atoms with van der Waals surface area (Å²) < 4.78 is 1.81. The number of aliphatic hydroxyl groups is 1. The molecule has 128 valence electrons. The van der Waals surface area contributed by atoms with E-state index in [0.717, 1.165) is 21.8 Å². The van der Waals surface area contributed by atoms with Crippen molar-refractivity contribution in [2.75, 3.05) is 6.54 Å². The molecule has 2 heterocycles. The van der Waals surface area contributed by atoms with Gasteiger partial charge in [-0.1, -0.05) is 24.3 Å². The lowest BCUT2D eigenvalue weighted by atomic mass is 10.2. The normalized spacial score (nSPS) is 12.4. The Balaban J connectivity index is 1.89. The molecule has 2 aromatic heterocycles. The quantitative estimate of drug-likeness (QED) is 0.669. The molecule has 0 aliphatic carbocycles. The van der Waals surface area contributed by atoms with Crippen molar-refractivity contribution in [3.63, 3.8) is 0 Å². The molecule has 25 heavy (non-hydrogen) atoms. The van der Waals surface area contributed by atoms with Crippen molar-refractivity contribution in [2.24, 2.45) is 0 Å². The first-order chi connectivity index (χ1) is 12.1. The standard InChI is InChI=1S/C19H19N3O2S/c1-14(23)12-20-18(24)10-9-15-13-22(16-6-3-2-4-7-16)21-19(15)17-8-5-11-25-17/h2-11,13-14,23H,12H2,1H3,(H,20,24)/b10-9+. The first-order valence-corrected chi connectivity index (χ1v) is 8.84. The molecule has 5 nitrogen and oxygen atoms in total. The van der Waals surface area contributed by atoms with E-state index in [9.17, 15) is 9.90 Å². The molecule has 2 N–H and O–H groups in total. The second-order valence-corrected chi connectivity index (χ2v) is 6.57. The van der Waals surface area contributed by atoms with Crippen LogP contribution < -0.4 is 5.32 Å². The first kappa shape index (κ1) is 17.1. The fourth-order valence-electron chi connectivity index (χ4n) is 2.30. The van der Waals surface area contributed by atoms with Crippen molar-refractivity contribution in [1.82, 2.24) is 15.1 Å². The van der Waals surface area contributed by atoms with E-state index in [-0.39, 0.29) is 12.5 Å². The third-order valence-electron chi connectivity index (χ3n) is 3.50. The van der Waals surface area contributed by atoms with Gasteiger partial charge in [0, 0.05) is 24.4 Å². The van der Waals surface area contributed by atoms with E-state index in [1.807, 2.05) is 58.7 Å². The lowest BCUT2D eigenvalue weighted by Gasteiger charge is -2.03. The number of rotatable bonds is 6. The number of aliphatic hydroxyl groups excluding tert-OH is 1. The van der Waals surface area contributed by atoms with E-state index in [1.165, 1.54) is 6.08 Å². The van der Waals surface area contributed by atoms with Crippen LogP contribution in [-0.2, 0) is 4.79 Å². The second-order valence-electron chi connectivity index (χ2n) is 5.62. The van der Waals surface area contributed by atoms with Crippen molar-refractivity contribution < 1.29 is 9.90 Å². The van der Waals surface area contributed by atoms with Crippen LogP contribution in [0.1, 0.15) is 12.5 Å². The van der Waals surface area contributed by atoms with E-state index in [2.05, 4.69) is 10.4 Å². The first-order valence-electron chi connectivity index (χ1n) is 7.96. The van der Waals surface area contributed by atoms with Crippen molar-refractivity contribution >= 4 is 23.3 Å². The molecule has 0 saturated carbocycles. The monoisotopic (exact) mass is 353 g/mol. The van der Waals surface area contributed by atoms with Crippen molar-refractivity contribution in [1.29, 1.82) is 0 Å². The van der Waals surface area contributed by atoms with Crippen LogP contribution in [0.3, 0.4) is 0 Å². The van der Waals surface area contributed by atoms with Gasteiger partial charge in [-0.05, 0) is 36.6 Å². The smallest absolute Gasteiger partial charge is 0.244 e. The Labute approximate surface area is 150 Å². The molecule has 3 rings (SSSR count). The van der Waals surface area contributed by atoms with Gasteiger partial charge >= 0.3 is 0 Å². The third kappa shape index (κ3) is 4.43. The van der Waals surface area contributed by atoms with E-state index in [1.54, 1.807) is 24.3 Å². The number of amides is 1. The minimum Gasteiger partial charge on any atom is -0.392 e. The number of para-hydroxylation sites is 1. The summed E-state index contributed by atoms with van der Waals surface area (Å²) in [5, 5.41) is 18.6. The minimum absolute atomic E-state index is 0.226. The van der Waals surface area contributed by atoms with Gasteiger partial charge in [0.05, 0.1) is 16.7 Å². The van der Waals surface area contributed by atoms with Crippen LogP contribution in [0.4, 0.5) is 0 Å². The Bertz CT molecular complexity index is 852. The van der Waals surface area contributed by atoms with Gasteiger partial charge in [-0.25, -0.2) is 4.68 Å². The number of carbonyl (C=O) groups is 1. The summed E-state index contributed by atoms with van der Waals surface area (Å²) in [5.74, 6) is -0.245. The number of nitrogens with one attached hydrogen (secondary N) is 1. The summed E-state index contributed by atoms with van der Waals surface area (Å²) in [6, 6.07) is 13.8. The van der Waals surface area contributed by atoms with Crippen LogP contribution >= 0.6 is 11.3 Å². The molecule has 3 aromatic rings. The summed E-state index contributed by atoms with van der Waals surface area (Å²) in [7, 11) is 0. The lowest BCUT2D eigenvalue weighted by Crippen LogP contribution is -2.28. The fraction of sp³-hybridized carbons (Fsp3) is 0.158. The lowest BCUT2D eigenvalue weighted by molar-refractivity contribution is -0.116. The molecule has 6 heteroatoms. The molecular formula is C19H19N3O2S.